The van der Waals surface area contributed by atoms with Crippen molar-refractivity contribution in [3.05, 3.63) is 0 Å². The van der Waals surface area contributed by atoms with Gasteiger partial charge in [-0.2, -0.15) is 4.31 Å². The molecule has 3 nitrogen and oxygen atoms in total. The van der Waals surface area contributed by atoms with Crippen LogP contribution in [0.3, 0.4) is 0 Å². The van der Waals surface area contributed by atoms with E-state index in [1.165, 1.54) is 0 Å². The quantitative estimate of drug-likeness (QED) is 0.652. The Bertz CT molecular complexity index is 130. The summed E-state index contributed by atoms with van der Waals surface area (Å²) in [6, 6.07) is 0.204. The maximum atomic E-state index is 10.7. The number of hydrogen-bond acceptors (Lipinski definition) is 1. The monoisotopic (exact) mass is 179 g/mol. The van der Waals surface area contributed by atoms with Crippen molar-refractivity contribution in [3.63, 3.8) is 0 Å². The van der Waals surface area contributed by atoms with Gasteiger partial charge in [0.05, 0.1) is 0 Å². The second-order valence-electron chi connectivity index (χ2n) is 2.60. The van der Waals surface area contributed by atoms with Gasteiger partial charge in [0.2, 0.25) is 11.3 Å². The van der Waals surface area contributed by atoms with Crippen LogP contribution in [0.25, 0.3) is 0 Å². The van der Waals surface area contributed by atoms with Crippen LogP contribution in [-0.2, 0) is 11.3 Å². The van der Waals surface area contributed by atoms with Gasteiger partial charge in [0.25, 0.3) is 0 Å². The Labute approximate surface area is 71.2 Å². The summed E-state index contributed by atoms with van der Waals surface area (Å²) in [4.78, 5) is 0. The van der Waals surface area contributed by atoms with E-state index in [-0.39, 0.29) is 6.04 Å². The van der Waals surface area contributed by atoms with E-state index in [4.69, 9.17) is 4.55 Å². The minimum absolute atomic E-state index is 0.204. The molecule has 0 saturated carbocycles. The molecular formula is C7H17NO2S. The molecule has 0 amide bonds. The summed E-state index contributed by atoms with van der Waals surface area (Å²) in [5, 5.41) is 0. The zero-order valence-corrected chi connectivity index (χ0v) is 8.23. The van der Waals surface area contributed by atoms with Crippen molar-refractivity contribution in [2.24, 2.45) is 0 Å². The standard InChI is InChI=1S/C7H17NO2S/c1-4-6-7(3)8(5-2)11(9)10/h7H,4-6H2,1-3H3,(H,9,10). The summed E-state index contributed by atoms with van der Waals surface area (Å²) in [7, 11) is 0. The molecule has 0 heterocycles. The molecule has 2 unspecified atom stereocenters. The molecule has 0 aliphatic heterocycles. The second-order valence-corrected chi connectivity index (χ2v) is 3.53. The Balaban J connectivity index is 3.91. The summed E-state index contributed by atoms with van der Waals surface area (Å²) in [6.45, 7) is 6.57. The zero-order valence-electron chi connectivity index (χ0n) is 7.41. The van der Waals surface area contributed by atoms with Crippen molar-refractivity contribution >= 4 is 11.3 Å². The van der Waals surface area contributed by atoms with Crippen LogP contribution in [-0.4, -0.2) is 25.7 Å². The van der Waals surface area contributed by atoms with Crippen LogP contribution < -0.4 is 0 Å². The van der Waals surface area contributed by atoms with Crippen molar-refractivity contribution in [2.45, 2.75) is 39.7 Å². The Morgan fingerprint density at radius 1 is 1.55 bits per heavy atom. The van der Waals surface area contributed by atoms with E-state index in [0.29, 0.717) is 6.54 Å². The third kappa shape index (κ3) is 3.84. The molecule has 0 fully saturated rings. The fraction of sp³-hybridized carbons (Fsp3) is 1.00. The molecule has 1 N–H and O–H groups in total. The van der Waals surface area contributed by atoms with Crippen LogP contribution in [0.2, 0.25) is 0 Å². The molecule has 68 valence electrons. The summed E-state index contributed by atoms with van der Waals surface area (Å²) < 4.78 is 21.1. The molecule has 0 aliphatic carbocycles. The van der Waals surface area contributed by atoms with Crippen molar-refractivity contribution in [1.82, 2.24) is 4.31 Å². The number of hydrogen-bond donors (Lipinski definition) is 1. The van der Waals surface area contributed by atoms with E-state index >= 15 is 0 Å². The average Bonchev–Trinajstić information content (AvgIpc) is 1.88. The minimum Gasteiger partial charge on any atom is -0.294 e. The third-order valence-electron chi connectivity index (χ3n) is 1.71. The van der Waals surface area contributed by atoms with Gasteiger partial charge in [0.15, 0.2) is 0 Å². The Kier molecular flexibility index (Phi) is 5.72. The second kappa shape index (κ2) is 5.69. The van der Waals surface area contributed by atoms with Gasteiger partial charge in [-0.15, -0.1) is 0 Å². The largest absolute Gasteiger partial charge is 0.294 e. The van der Waals surface area contributed by atoms with Gasteiger partial charge in [-0.05, 0) is 13.3 Å². The first-order valence-electron chi connectivity index (χ1n) is 4.01. The number of rotatable bonds is 5. The van der Waals surface area contributed by atoms with Crippen LogP contribution in [0.15, 0.2) is 0 Å². The van der Waals surface area contributed by atoms with Crippen molar-refractivity contribution in [2.75, 3.05) is 6.54 Å². The highest BCUT2D eigenvalue weighted by atomic mass is 32.2. The topological polar surface area (TPSA) is 40.5 Å². The Morgan fingerprint density at radius 3 is 2.36 bits per heavy atom. The first-order chi connectivity index (χ1) is 5.13. The molecule has 0 aromatic carbocycles. The van der Waals surface area contributed by atoms with Crippen molar-refractivity contribution < 1.29 is 8.76 Å². The molecular weight excluding hydrogens is 162 g/mol. The van der Waals surface area contributed by atoms with Gasteiger partial charge < -0.3 is 0 Å². The van der Waals surface area contributed by atoms with Gasteiger partial charge in [-0.1, -0.05) is 20.3 Å². The third-order valence-corrected chi connectivity index (χ3v) is 2.73. The van der Waals surface area contributed by atoms with Crippen LogP contribution in [0, 0.1) is 0 Å². The highest BCUT2D eigenvalue weighted by molar-refractivity contribution is 7.76. The first kappa shape index (κ1) is 11.1. The molecule has 2 atom stereocenters. The molecule has 0 rings (SSSR count). The van der Waals surface area contributed by atoms with E-state index in [0.717, 1.165) is 12.8 Å². The lowest BCUT2D eigenvalue weighted by atomic mass is 10.2. The molecule has 0 aromatic heterocycles. The maximum Gasteiger partial charge on any atom is 0.234 e. The van der Waals surface area contributed by atoms with Gasteiger partial charge in [0.1, 0.15) is 0 Å². The summed E-state index contributed by atoms with van der Waals surface area (Å²) in [5.41, 5.74) is 0. The summed E-state index contributed by atoms with van der Waals surface area (Å²) in [5.74, 6) is 0. The molecule has 11 heavy (non-hydrogen) atoms. The molecule has 0 aromatic rings. The fourth-order valence-corrected chi connectivity index (χ4v) is 1.77. The van der Waals surface area contributed by atoms with Gasteiger partial charge >= 0.3 is 0 Å². The van der Waals surface area contributed by atoms with Gasteiger partial charge in [-0.3, -0.25) is 4.55 Å². The van der Waals surface area contributed by atoms with Gasteiger partial charge in [-0.25, -0.2) is 4.21 Å². The van der Waals surface area contributed by atoms with Crippen LogP contribution in [0.1, 0.15) is 33.6 Å². The highest BCUT2D eigenvalue weighted by Gasteiger charge is 2.15. The fourth-order valence-electron chi connectivity index (χ4n) is 1.14. The smallest absolute Gasteiger partial charge is 0.234 e. The number of nitrogens with zero attached hydrogens (tertiary/aromatic N) is 1. The Hall–Kier alpha value is 0.0700. The predicted octanol–water partition coefficient (Wildman–Crippen LogP) is 1.63. The highest BCUT2D eigenvalue weighted by Crippen LogP contribution is 2.07. The van der Waals surface area contributed by atoms with Gasteiger partial charge in [0, 0.05) is 12.6 Å². The van der Waals surface area contributed by atoms with Crippen LogP contribution in [0.5, 0.6) is 0 Å². The lowest BCUT2D eigenvalue weighted by Crippen LogP contribution is -2.34. The van der Waals surface area contributed by atoms with E-state index in [1.54, 1.807) is 4.31 Å². The average molecular weight is 179 g/mol. The Morgan fingerprint density at radius 2 is 2.09 bits per heavy atom. The summed E-state index contributed by atoms with van der Waals surface area (Å²) >= 11 is -1.80. The van der Waals surface area contributed by atoms with E-state index in [9.17, 15) is 4.21 Å². The molecule has 0 saturated heterocycles. The molecule has 0 radical (unpaired) electrons. The van der Waals surface area contributed by atoms with E-state index in [1.807, 2.05) is 13.8 Å². The predicted molar refractivity (Wildman–Crippen MR) is 47.5 cm³/mol. The van der Waals surface area contributed by atoms with Crippen molar-refractivity contribution in [1.29, 1.82) is 0 Å². The normalized spacial score (nSPS) is 16.8. The molecule has 0 spiro atoms. The SMILES string of the molecule is CCCC(C)N(CC)S(=O)O. The van der Waals surface area contributed by atoms with Crippen LogP contribution in [0.4, 0.5) is 0 Å². The van der Waals surface area contributed by atoms with Crippen molar-refractivity contribution in [3.8, 4) is 0 Å². The van der Waals surface area contributed by atoms with E-state index < -0.39 is 11.3 Å². The van der Waals surface area contributed by atoms with Crippen LogP contribution >= 0.6 is 0 Å². The lowest BCUT2D eigenvalue weighted by molar-refractivity contribution is 0.324. The minimum atomic E-state index is -1.80. The van der Waals surface area contributed by atoms with E-state index in [2.05, 4.69) is 6.92 Å². The molecule has 4 heteroatoms. The zero-order chi connectivity index (χ0) is 8.85. The first-order valence-corrected chi connectivity index (χ1v) is 5.07. The molecule has 0 aliphatic rings. The molecule has 0 bridgehead atoms. The lowest BCUT2D eigenvalue weighted by Gasteiger charge is -2.22. The summed E-state index contributed by atoms with van der Waals surface area (Å²) in [6.07, 6.45) is 2.02. The maximum absolute atomic E-state index is 10.7.